The smallest absolute Gasteiger partial charge is 0.330 e. The average molecular weight is 657 g/mol. The van der Waals surface area contributed by atoms with Crippen LogP contribution in [0.2, 0.25) is 5.02 Å². The number of aliphatic hydroxyl groups excluding tert-OH is 4. The van der Waals surface area contributed by atoms with Gasteiger partial charge in [0.2, 0.25) is 6.29 Å². The molecule has 1 heterocycles. The van der Waals surface area contributed by atoms with Gasteiger partial charge in [0.05, 0.1) is 25.8 Å². The van der Waals surface area contributed by atoms with Crippen LogP contribution in [0.1, 0.15) is 48.8 Å². The van der Waals surface area contributed by atoms with Crippen LogP contribution in [-0.4, -0.2) is 77.9 Å². The summed E-state index contributed by atoms with van der Waals surface area (Å²) in [6, 6.07) is 10.6. The molecule has 46 heavy (non-hydrogen) atoms. The van der Waals surface area contributed by atoms with Crippen LogP contribution in [0.25, 0.3) is 11.8 Å². The van der Waals surface area contributed by atoms with Crippen molar-refractivity contribution in [2.75, 3.05) is 20.8 Å². The van der Waals surface area contributed by atoms with Gasteiger partial charge in [-0.05, 0) is 91.2 Å². The monoisotopic (exact) mass is 656 g/mol. The van der Waals surface area contributed by atoms with E-state index < -0.39 is 43.3 Å². The number of ether oxygens (including phenoxy) is 5. The number of methoxy groups -OCH3 is 2. The summed E-state index contributed by atoms with van der Waals surface area (Å²) in [4.78, 5) is 11.9. The van der Waals surface area contributed by atoms with Gasteiger partial charge in [-0.1, -0.05) is 29.8 Å². The Morgan fingerprint density at radius 2 is 1.59 bits per heavy atom. The molecule has 248 valence electrons. The lowest BCUT2D eigenvalue weighted by Crippen LogP contribution is -2.60. The van der Waals surface area contributed by atoms with Gasteiger partial charge in [0, 0.05) is 17.2 Å². The quantitative estimate of drug-likeness (QED) is 0.168. The first-order chi connectivity index (χ1) is 22.2. The summed E-state index contributed by atoms with van der Waals surface area (Å²) in [7, 11) is 3.01. The number of benzene rings is 2. The Kier molecular flexibility index (Phi) is 9.94. The van der Waals surface area contributed by atoms with Gasteiger partial charge >= 0.3 is 5.97 Å². The van der Waals surface area contributed by atoms with Crippen molar-refractivity contribution in [2.45, 2.75) is 69.4 Å². The lowest BCUT2D eigenvalue weighted by Gasteiger charge is -2.51. The van der Waals surface area contributed by atoms with Crippen molar-refractivity contribution in [3.8, 4) is 11.5 Å². The third-order valence-electron chi connectivity index (χ3n) is 9.86. The second-order valence-electron chi connectivity index (χ2n) is 12.7. The average Bonchev–Trinajstić information content (AvgIpc) is 3.05. The third-order valence-corrected chi connectivity index (χ3v) is 10.2. The summed E-state index contributed by atoms with van der Waals surface area (Å²) in [5.41, 5.74) is 3.51. The first-order valence-electron chi connectivity index (χ1n) is 15.8. The molecule has 2 aromatic rings. The summed E-state index contributed by atoms with van der Waals surface area (Å²) in [6.45, 7) is -0.414. The van der Waals surface area contributed by atoms with Gasteiger partial charge in [0.1, 0.15) is 48.3 Å². The lowest BCUT2D eigenvalue weighted by molar-refractivity contribution is -0.277. The summed E-state index contributed by atoms with van der Waals surface area (Å²) < 4.78 is 28.3. The van der Waals surface area contributed by atoms with Crippen LogP contribution in [0, 0.1) is 23.7 Å². The number of esters is 1. The molecule has 4 aliphatic carbocycles. The van der Waals surface area contributed by atoms with Crippen LogP contribution in [0.15, 0.2) is 48.0 Å². The van der Waals surface area contributed by atoms with Crippen LogP contribution in [0.5, 0.6) is 11.5 Å². The highest BCUT2D eigenvalue weighted by atomic mass is 35.5. The van der Waals surface area contributed by atoms with Gasteiger partial charge in [-0.15, -0.1) is 0 Å². The maximum Gasteiger partial charge on any atom is 0.330 e. The fraction of sp³-hybridized carbons (Fsp3) is 0.514. The van der Waals surface area contributed by atoms with E-state index in [0.29, 0.717) is 33.9 Å². The van der Waals surface area contributed by atoms with E-state index in [-0.39, 0.29) is 6.61 Å². The number of carbonyl (C=O) groups is 1. The zero-order valence-electron chi connectivity index (χ0n) is 25.9. The maximum atomic E-state index is 11.9. The molecule has 0 aromatic heterocycles. The van der Waals surface area contributed by atoms with Gasteiger partial charge < -0.3 is 44.1 Å². The molecule has 4 saturated carbocycles. The molecule has 5 fully saturated rings. The normalized spacial score (nSPS) is 31.6. The topological polar surface area (TPSA) is 144 Å². The number of carbonyl (C=O) groups excluding carboxylic acids is 1. The van der Waals surface area contributed by atoms with Crippen molar-refractivity contribution >= 4 is 29.4 Å². The molecule has 1 aliphatic heterocycles. The molecule has 5 aliphatic rings. The number of halogens is 1. The Balaban J connectivity index is 1.23. The van der Waals surface area contributed by atoms with Crippen LogP contribution in [-0.2, 0) is 25.6 Å². The fourth-order valence-electron chi connectivity index (χ4n) is 7.81. The summed E-state index contributed by atoms with van der Waals surface area (Å²) in [6.07, 6.45) is 2.19. The molecule has 0 spiro atoms. The van der Waals surface area contributed by atoms with Crippen molar-refractivity contribution < 1.29 is 48.9 Å². The van der Waals surface area contributed by atoms with Crippen molar-refractivity contribution in [1.82, 2.24) is 0 Å². The second kappa shape index (κ2) is 13.9. The van der Waals surface area contributed by atoms with E-state index >= 15 is 0 Å². The van der Waals surface area contributed by atoms with Gasteiger partial charge in [0.25, 0.3) is 0 Å². The fourth-order valence-corrected chi connectivity index (χ4v) is 8.13. The van der Waals surface area contributed by atoms with E-state index in [9.17, 15) is 25.2 Å². The number of aliphatic hydroxyl groups is 4. The largest absolute Gasteiger partial charge is 0.496 e. The van der Waals surface area contributed by atoms with E-state index in [2.05, 4.69) is 0 Å². The van der Waals surface area contributed by atoms with Crippen molar-refractivity contribution in [1.29, 1.82) is 0 Å². The molecular formula is C35H41ClO10. The van der Waals surface area contributed by atoms with Crippen molar-refractivity contribution in [3.05, 3.63) is 69.8 Å². The van der Waals surface area contributed by atoms with Gasteiger partial charge in [-0.25, -0.2) is 4.79 Å². The van der Waals surface area contributed by atoms with E-state index in [4.69, 9.17) is 35.3 Å². The predicted octanol–water partition coefficient (Wildman–Crippen LogP) is 4.10. The molecule has 4 bridgehead atoms. The molecule has 10 nitrogen and oxygen atoms in total. The Morgan fingerprint density at radius 3 is 2.20 bits per heavy atom. The number of allylic oxidation sites excluding steroid dienone is 1. The minimum Gasteiger partial charge on any atom is -0.496 e. The van der Waals surface area contributed by atoms with Crippen molar-refractivity contribution in [2.24, 2.45) is 23.7 Å². The third kappa shape index (κ3) is 6.52. The molecule has 0 amide bonds. The number of rotatable bonds is 10. The predicted molar refractivity (Wildman–Crippen MR) is 169 cm³/mol. The Bertz CT molecular complexity index is 1440. The Hall–Kier alpha value is -3.12. The first-order valence-corrected chi connectivity index (χ1v) is 16.1. The summed E-state index contributed by atoms with van der Waals surface area (Å²) >= 11 is 7.11. The molecule has 0 unspecified atom stereocenters. The highest BCUT2D eigenvalue weighted by Gasteiger charge is 2.47. The van der Waals surface area contributed by atoms with Gasteiger partial charge in [0.15, 0.2) is 0 Å². The Morgan fingerprint density at radius 1 is 0.913 bits per heavy atom. The molecule has 7 rings (SSSR count). The molecule has 2 aromatic carbocycles. The standard InChI is InChI=1S/C35H41ClO10/c1-42-27(38)10-6-21-5-9-25(34(43-2)28-22-12-19-11-20(14-22)15-23(28)13-19)29(36)33(21)44-17-18-3-7-24(8-4-18)45-35-32(41)31(40)30(39)26(16-37)46-35/h3-10,19-20,22-23,26,30-32,35,37,39-41H,11-17H2,1-2H3/b10-6+,34-28?/t19?,20?,22?,23?,26-,30+,31+,32-,35-/m1/s1. The lowest BCUT2D eigenvalue weighted by atomic mass is 9.54. The zero-order chi connectivity index (χ0) is 32.5. The highest BCUT2D eigenvalue weighted by Crippen LogP contribution is 2.58. The molecule has 1 saturated heterocycles. The van der Waals surface area contributed by atoms with Crippen LogP contribution in [0.4, 0.5) is 0 Å². The number of hydrogen-bond acceptors (Lipinski definition) is 10. The minimum absolute atomic E-state index is 0.135. The van der Waals surface area contributed by atoms with E-state index in [1.807, 2.05) is 12.1 Å². The van der Waals surface area contributed by atoms with E-state index in [1.54, 1.807) is 37.5 Å². The number of hydrogen-bond donors (Lipinski definition) is 4. The van der Waals surface area contributed by atoms with Crippen LogP contribution >= 0.6 is 11.6 Å². The SMILES string of the molecule is COC(=O)/C=C/c1ccc(C(OC)=C2C3CC4CC(C3)CC2C4)c(Cl)c1OCc1ccc(O[C@@H]2O[C@H](CO)[C@H](O)[C@H](O)[C@H]2O)cc1. The van der Waals surface area contributed by atoms with E-state index in [0.717, 1.165) is 28.7 Å². The Labute approximate surface area is 273 Å². The molecule has 4 N–H and O–H groups in total. The summed E-state index contributed by atoms with van der Waals surface area (Å²) in [5, 5.41) is 40.2. The zero-order valence-corrected chi connectivity index (χ0v) is 26.6. The molecule has 11 heteroatoms. The molecular weight excluding hydrogens is 616 g/mol. The van der Waals surface area contributed by atoms with Crippen LogP contribution in [0.3, 0.4) is 0 Å². The maximum absolute atomic E-state index is 11.9. The summed E-state index contributed by atoms with van der Waals surface area (Å²) in [5.74, 6) is 3.68. The van der Waals surface area contributed by atoms with Gasteiger partial charge in [-0.3, -0.25) is 0 Å². The first kappa shape index (κ1) is 32.8. The molecule has 0 radical (unpaired) electrons. The van der Waals surface area contributed by atoms with Crippen molar-refractivity contribution in [3.63, 3.8) is 0 Å². The van der Waals surface area contributed by atoms with E-state index in [1.165, 1.54) is 50.9 Å². The second-order valence-corrected chi connectivity index (χ2v) is 13.1. The minimum atomic E-state index is -1.54. The van der Waals surface area contributed by atoms with Crippen LogP contribution < -0.4 is 9.47 Å². The highest BCUT2D eigenvalue weighted by molar-refractivity contribution is 6.34. The molecule has 5 atom stereocenters. The van der Waals surface area contributed by atoms with Gasteiger partial charge in [-0.2, -0.15) is 0 Å².